The third-order valence-corrected chi connectivity index (χ3v) is 3.72. The SMILES string of the molecule is C1CCNCC1.CCC.Cl.Nc1c(Cl)cc(C(=O)O)c2c1CCO2.O. The second-order valence-electron chi connectivity index (χ2n) is 5.55. The Morgan fingerprint density at radius 2 is 1.88 bits per heavy atom. The fraction of sp³-hybridized carbons (Fsp3) is 0.588. The van der Waals surface area contributed by atoms with Crippen LogP contribution in [0.5, 0.6) is 5.75 Å². The van der Waals surface area contributed by atoms with Gasteiger partial charge in [-0.25, -0.2) is 4.79 Å². The molecule has 3 rings (SSSR count). The molecule has 2 heterocycles. The lowest BCUT2D eigenvalue weighted by molar-refractivity contribution is 0.0693. The Labute approximate surface area is 160 Å². The number of nitrogens with one attached hydrogen (secondary N) is 1. The standard InChI is InChI=1S/C9H8ClNO3.C5H11N.C3H8.ClH.H2O/c10-6-3-5(9(12)13)8-4(7(6)11)1-2-14-8;1-2-4-6-5-3-1;1-3-2;;/h3H,1-2,11H2,(H,12,13);6H,1-5H2;3H2,1-2H3;1H;1H2. The number of carbonyl (C=O) groups is 1. The van der Waals surface area contributed by atoms with E-state index in [-0.39, 0.29) is 28.5 Å². The van der Waals surface area contributed by atoms with Crippen LogP contribution in [0.15, 0.2) is 6.07 Å². The Morgan fingerprint density at radius 3 is 2.28 bits per heavy atom. The van der Waals surface area contributed by atoms with Gasteiger partial charge in [0, 0.05) is 12.0 Å². The van der Waals surface area contributed by atoms with Gasteiger partial charge < -0.3 is 26.4 Å². The van der Waals surface area contributed by atoms with Crippen LogP contribution in [0, 0.1) is 0 Å². The lowest BCUT2D eigenvalue weighted by atomic mass is 10.1. The number of benzene rings is 1. The maximum atomic E-state index is 10.8. The van der Waals surface area contributed by atoms with Gasteiger partial charge in [0.2, 0.25) is 0 Å². The van der Waals surface area contributed by atoms with E-state index in [2.05, 4.69) is 19.2 Å². The molecule has 0 atom stereocenters. The molecule has 0 saturated carbocycles. The van der Waals surface area contributed by atoms with E-state index < -0.39 is 5.97 Å². The summed E-state index contributed by atoms with van der Waals surface area (Å²) < 4.78 is 5.21. The molecule has 0 amide bonds. The molecule has 8 heteroatoms. The number of hydrogen-bond acceptors (Lipinski definition) is 4. The number of aromatic carboxylic acids is 1. The summed E-state index contributed by atoms with van der Waals surface area (Å²) >= 11 is 5.80. The van der Waals surface area contributed by atoms with Crippen molar-refractivity contribution in [3.8, 4) is 5.75 Å². The molecule has 0 unspecified atom stereocenters. The largest absolute Gasteiger partial charge is 0.492 e. The third kappa shape index (κ3) is 8.14. The summed E-state index contributed by atoms with van der Waals surface area (Å²) in [5.41, 5.74) is 6.90. The molecule has 1 fully saturated rings. The van der Waals surface area contributed by atoms with Crippen LogP contribution in [-0.2, 0) is 6.42 Å². The molecule has 1 aromatic carbocycles. The molecular weight excluding hydrogens is 367 g/mol. The number of carboxylic acid groups (broad SMARTS) is 1. The molecule has 2 aliphatic heterocycles. The predicted octanol–water partition coefficient (Wildman–Crippen LogP) is 3.33. The van der Waals surface area contributed by atoms with Crippen LogP contribution in [0.1, 0.15) is 55.5 Å². The van der Waals surface area contributed by atoms with Gasteiger partial charge in [0.1, 0.15) is 11.3 Å². The van der Waals surface area contributed by atoms with Gasteiger partial charge in [-0.2, -0.15) is 0 Å². The molecule has 6 N–H and O–H groups in total. The van der Waals surface area contributed by atoms with Crippen LogP contribution >= 0.6 is 24.0 Å². The molecule has 1 aromatic rings. The van der Waals surface area contributed by atoms with Crippen molar-refractivity contribution in [1.82, 2.24) is 5.32 Å². The van der Waals surface area contributed by atoms with Crippen molar-refractivity contribution in [2.75, 3.05) is 25.4 Å². The molecule has 6 nitrogen and oxygen atoms in total. The van der Waals surface area contributed by atoms with E-state index in [1.54, 1.807) is 0 Å². The Bertz CT molecular complexity index is 512. The van der Waals surface area contributed by atoms with Crippen LogP contribution in [0.25, 0.3) is 0 Å². The van der Waals surface area contributed by atoms with E-state index >= 15 is 0 Å². The Balaban J connectivity index is 0. The summed E-state index contributed by atoms with van der Waals surface area (Å²) in [7, 11) is 0. The maximum Gasteiger partial charge on any atom is 0.339 e. The number of carboxylic acids is 1. The molecule has 0 bridgehead atoms. The number of nitrogen functional groups attached to an aromatic ring is 1. The third-order valence-electron chi connectivity index (χ3n) is 3.41. The second kappa shape index (κ2) is 14.0. The van der Waals surface area contributed by atoms with Crippen molar-refractivity contribution >= 4 is 35.7 Å². The Hall–Kier alpha value is -1.21. The number of fused-ring (bicyclic) bond motifs is 1. The van der Waals surface area contributed by atoms with Crippen LogP contribution < -0.4 is 15.8 Å². The maximum absolute atomic E-state index is 10.8. The van der Waals surface area contributed by atoms with E-state index in [1.165, 1.54) is 44.8 Å². The zero-order chi connectivity index (χ0) is 17.2. The Kier molecular flexibility index (Phi) is 14.6. The van der Waals surface area contributed by atoms with E-state index in [4.69, 9.17) is 27.2 Å². The molecule has 0 spiro atoms. The van der Waals surface area contributed by atoms with E-state index in [0.29, 0.717) is 30.0 Å². The van der Waals surface area contributed by atoms with Crippen LogP contribution in [0.2, 0.25) is 5.02 Å². The number of piperidine rings is 1. The Morgan fingerprint density at radius 1 is 1.32 bits per heavy atom. The smallest absolute Gasteiger partial charge is 0.339 e. The predicted molar refractivity (Wildman–Crippen MR) is 106 cm³/mol. The lowest BCUT2D eigenvalue weighted by Gasteiger charge is -2.08. The van der Waals surface area contributed by atoms with Gasteiger partial charge >= 0.3 is 5.97 Å². The molecule has 25 heavy (non-hydrogen) atoms. The highest BCUT2D eigenvalue weighted by Gasteiger charge is 2.24. The van der Waals surface area contributed by atoms with Gasteiger partial charge in [-0.05, 0) is 32.0 Å². The highest BCUT2D eigenvalue weighted by Crippen LogP contribution is 2.38. The highest BCUT2D eigenvalue weighted by atomic mass is 35.5. The number of rotatable bonds is 1. The average Bonchev–Trinajstić information content (AvgIpc) is 3.03. The molecule has 2 aliphatic rings. The van der Waals surface area contributed by atoms with E-state index in [9.17, 15) is 4.79 Å². The quantitative estimate of drug-likeness (QED) is 0.629. The lowest BCUT2D eigenvalue weighted by Crippen LogP contribution is -2.21. The normalized spacial score (nSPS) is 14.0. The van der Waals surface area contributed by atoms with Gasteiger partial charge in [0.15, 0.2) is 0 Å². The zero-order valence-corrected chi connectivity index (χ0v) is 16.4. The van der Waals surface area contributed by atoms with Crippen molar-refractivity contribution < 1.29 is 20.1 Å². The monoisotopic (exact) mass is 396 g/mol. The summed E-state index contributed by atoms with van der Waals surface area (Å²) in [5.74, 6) is -0.690. The molecule has 0 aliphatic carbocycles. The number of ether oxygens (including phenoxy) is 1. The minimum atomic E-state index is -1.05. The average molecular weight is 397 g/mol. The molecular formula is C17H30Cl2N2O4. The van der Waals surface area contributed by atoms with Gasteiger partial charge in [-0.1, -0.05) is 38.3 Å². The first-order chi connectivity index (χ1) is 11.0. The molecule has 1 saturated heterocycles. The van der Waals surface area contributed by atoms with Crippen molar-refractivity contribution in [3.05, 3.63) is 22.2 Å². The summed E-state index contributed by atoms with van der Waals surface area (Å²) in [6, 6.07) is 1.32. The van der Waals surface area contributed by atoms with Gasteiger partial charge in [-0.15, -0.1) is 12.4 Å². The minimum absolute atomic E-state index is 0. The number of nitrogens with two attached hydrogens (primary N) is 1. The summed E-state index contributed by atoms with van der Waals surface area (Å²) in [5, 5.41) is 12.4. The second-order valence-corrected chi connectivity index (χ2v) is 5.96. The van der Waals surface area contributed by atoms with Crippen LogP contribution in [0.3, 0.4) is 0 Å². The van der Waals surface area contributed by atoms with Gasteiger partial charge in [0.25, 0.3) is 0 Å². The minimum Gasteiger partial charge on any atom is -0.492 e. The van der Waals surface area contributed by atoms with Crippen molar-refractivity contribution in [2.24, 2.45) is 0 Å². The number of anilines is 1. The van der Waals surface area contributed by atoms with E-state index in [1.807, 2.05) is 0 Å². The van der Waals surface area contributed by atoms with Crippen molar-refractivity contribution in [3.63, 3.8) is 0 Å². The fourth-order valence-electron chi connectivity index (χ4n) is 2.33. The van der Waals surface area contributed by atoms with Crippen molar-refractivity contribution in [1.29, 1.82) is 0 Å². The van der Waals surface area contributed by atoms with Crippen LogP contribution in [-0.4, -0.2) is 36.2 Å². The molecule has 0 radical (unpaired) electrons. The topological polar surface area (TPSA) is 116 Å². The first-order valence-corrected chi connectivity index (χ1v) is 8.58. The van der Waals surface area contributed by atoms with Crippen LogP contribution in [0.4, 0.5) is 5.69 Å². The molecule has 146 valence electrons. The number of hydrogen-bond donors (Lipinski definition) is 3. The van der Waals surface area contributed by atoms with E-state index in [0.717, 1.165) is 0 Å². The summed E-state index contributed by atoms with van der Waals surface area (Å²) in [6.45, 7) is 7.21. The zero-order valence-electron chi connectivity index (χ0n) is 14.9. The van der Waals surface area contributed by atoms with Crippen molar-refractivity contribution in [2.45, 2.75) is 46.0 Å². The summed E-state index contributed by atoms with van der Waals surface area (Å²) in [4.78, 5) is 10.8. The first-order valence-electron chi connectivity index (χ1n) is 8.20. The first kappa shape index (κ1) is 26.0. The number of halogens is 2. The van der Waals surface area contributed by atoms with Gasteiger partial charge in [-0.3, -0.25) is 0 Å². The summed E-state index contributed by atoms with van der Waals surface area (Å²) in [6.07, 6.45) is 6.08. The fourth-order valence-corrected chi connectivity index (χ4v) is 2.55. The highest BCUT2D eigenvalue weighted by molar-refractivity contribution is 6.33. The molecule has 0 aromatic heterocycles. The van der Waals surface area contributed by atoms with Gasteiger partial charge in [0.05, 0.1) is 17.3 Å².